The summed E-state index contributed by atoms with van der Waals surface area (Å²) in [6.45, 7) is 2.83. The lowest BCUT2D eigenvalue weighted by atomic mass is 10.1. The van der Waals surface area contributed by atoms with E-state index >= 15 is 0 Å². The summed E-state index contributed by atoms with van der Waals surface area (Å²) in [6.07, 6.45) is 0.336. The van der Waals surface area contributed by atoms with Gasteiger partial charge in [-0.3, -0.25) is 4.79 Å². The molecule has 2 aromatic carbocycles. The SMILES string of the molecule is Cc1cccc(CNC(=O)Cc2ccc3c(c2)OCO3)c1. The molecule has 3 rings (SSSR count). The highest BCUT2D eigenvalue weighted by molar-refractivity contribution is 5.78. The molecule has 0 aliphatic carbocycles. The maximum atomic E-state index is 12.0. The molecule has 1 N–H and O–H groups in total. The smallest absolute Gasteiger partial charge is 0.231 e. The summed E-state index contributed by atoms with van der Waals surface area (Å²) >= 11 is 0. The van der Waals surface area contributed by atoms with Gasteiger partial charge in [0.2, 0.25) is 12.7 Å². The van der Waals surface area contributed by atoms with Crippen molar-refractivity contribution in [2.75, 3.05) is 6.79 Å². The van der Waals surface area contributed by atoms with E-state index in [0.29, 0.717) is 18.7 Å². The lowest BCUT2D eigenvalue weighted by Gasteiger charge is -2.07. The van der Waals surface area contributed by atoms with Crippen molar-refractivity contribution in [2.45, 2.75) is 19.9 Å². The van der Waals surface area contributed by atoms with Gasteiger partial charge in [0.05, 0.1) is 6.42 Å². The number of fused-ring (bicyclic) bond motifs is 1. The Morgan fingerprint density at radius 1 is 1.10 bits per heavy atom. The molecule has 1 aliphatic rings. The molecule has 4 nitrogen and oxygen atoms in total. The number of hydrogen-bond donors (Lipinski definition) is 1. The molecule has 0 unspecified atom stereocenters. The van der Waals surface area contributed by atoms with Crippen LogP contribution in [0.5, 0.6) is 11.5 Å². The average Bonchev–Trinajstić information content (AvgIpc) is 2.93. The van der Waals surface area contributed by atoms with E-state index < -0.39 is 0 Å². The van der Waals surface area contributed by atoms with Crippen LogP contribution in [0.3, 0.4) is 0 Å². The first-order valence-electron chi connectivity index (χ1n) is 6.91. The Balaban J connectivity index is 1.57. The number of hydrogen-bond acceptors (Lipinski definition) is 3. The second-order valence-electron chi connectivity index (χ2n) is 5.13. The molecule has 21 heavy (non-hydrogen) atoms. The molecule has 0 saturated carbocycles. The first kappa shape index (κ1) is 13.5. The second-order valence-corrected chi connectivity index (χ2v) is 5.13. The predicted molar refractivity (Wildman–Crippen MR) is 79.3 cm³/mol. The van der Waals surface area contributed by atoms with Gasteiger partial charge in [-0.05, 0) is 30.2 Å². The van der Waals surface area contributed by atoms with Gasteiger partial charge in [0.15, 0.2) is 11.5 Å². The first-order valence-corrected chi connectivity index (χ1v) is 6.91. The monoisotopic (exact) mass is 283 g/mol. The fourth-order valence-corrected chi connectivity index (χ4v) is 2.32. The van der Waals surface area contributed by atoms with E-state index in [1.807, 2.05) is 43.3 Å². The van der Waals surface area contributed by atoms with Gasteiger partial charge in [0.25, 0.3) is 0 Å². The number of ether oxygens (including phenoxy) is 2. The Labute approximate surface area is 123 Å². The van der Waals surface area contributed by atoms with Crippen LogP contribution >= 0.6 is 0 Å². The third-order valence-corrected chi connectivity index (χ3v) is 3.37. The van der Waals surface area contributed by atoms with Crippen molar-refractivity contribution in [1.29, 1.82) is 0 Å². The van der Waals surface area contributed by atoms with Crippen LogP contribution < -0.4 is 14.8 Å². The summed E-state index contributed by atoms with van der Waals surface area (Å²) in [5.74, 6) is 1.44. The third kappa shape index (κ3) is 3.34. The summed E-state index contributed by atoms with van der Waals surface area (Å²) in [6, 6.07) is 13.7. The van der Waals surface area contributed by atoms with Crippen LogP contribution in [0.4, 0.5) is 0 Å². The van der Waals surface area contributed by atoms with Crippen LogP contribution in [-0.4, -0.2) is 12.7 Å². The number of carbonyl (C=O) groups excluding carboxylic acids is 1. The van der Waals surface area contributed by atoms with E-state index in [2.05, 4.69) is 11.4 Å². The quantitative estimate of drug-likeness (QED) is 0.938. The number of rotatable bonds is 4. The summed E-state index contributed by atoms with van der Waals surface area (Å²) in [5, 5.41) is 2.93. The largest absolute Gasteiger partial charge is 0.454 e. The van der Waals surface area contributed by atoms with Gasteiger partial charge < -0.3 is 14.8 Å². The van der Waals surface area contributed by atoms with Crippen molar-refractivity contribution >= 4 is 5.91 Å². The number of benzene rings is 2. The van der Waals surface area contributed by atoms with E-state index in [1.54, 1.807) is 0 Å². The molecule has 4 heteroatoms. The van der Waals surface area contributed by atoms with Crippen molar-refractivity contribution in [1.82, 2.24) is 5.32 Å². The maximum Gasteiger partial charge on any atom is 0.231 e. The first-order chi connectivity index (χ1) is 10.2. The summed E-state index contributed by atoms with van der Waals surface area (Å²) in [7, 11) is 0. The van der Waals surface area contributed by atoms with Crippen LogP contribution in [0.15, 0.2) is 42.5 Å². The predicted octanol–water partition coefficient (Wildman–Crippen LogP) is 2.58. The topological polar surface area (TPSA) is 47.6 Å². The van der Waals surface area contributed by atoms with Crippen molar-refractivity contribution < 1.29 is 14.3 Å². The molecule has 0 fully saturated rings. The molecule has 2 aromatic rings. The normalized spacial score (nSPS) is 12.2. The Hall–Kier alpha value is -2.49. The standard InChI is InChI=1S/C17H17NO3/c1-12-3-2-4-14(7-12)10-18-17(19)9-13-5-6-15-16(8-13)21-11-20-15/h2-8H,9-11H2,1H3,(H,18,19). The summed E-state index contributed by atoms with van der Waals surface area (Å²) in [4.78, 5) is 12.0. The van der Waals surface area contributed by atoms with Crippen molar-refractivity contribution in [3.63, 3.8) is 0 Å². The van der Waals surface area contributed by atoms with Crippen molar-refractivity contribution in [3.05, 3.63) is 59.2 Å². The molecular weight excluding hydrogens is 266 g/mol. The highest BCUT2D eigenvalue weighted by Gasteiger charge is 2.14. The van der Waals surface area contributed by atoms with Gasteiger partial charge in [-0.25, -0.2) is 0 Å². The van der Waals surface area contributed by atoms with E-state index in [-0.39, 0.29) is 12.7 Å². The molecule has 0 spiro atoms. The molecular formula is C17H17NO3. The Morgan fingerprint density at radius 2 is 1.95 bits per heavy atom. The van der Waals surface area contributed by atoms with E-state index in [9.17, 15) is 4.79 Å². The van der Waals surface area contributed by atoms with E-state index in [0.717, 1.165) is 16.9 Å². The lowest BCUT2D eigenvalue weighted by Crippen LogP contribution is -2.24. The lowest BCUT2D eigenvalue weighted by molar-refractivity contribution is -0.120. The molecule has 1 aliphatic heterocycles. The Bertz CT molecular complexity index is 667. The molecule has 0 radical (unpaired) electrons. The fourth-order valence-electron chi connectivity index (χ4n) is 2.32. The van der Waals surface area contributed by atoms with Crippen LogP contribution in [-0.2, 0) is 17.8 Å². The zero-order valence-corrected chi connectivity index (χ0v) is 11.9. The van der Waals surface area contributed by atoms with Gasteiger partial charge in [-0.2, -0.15) is 0 Å². The maximum absolute atomic E-state index is 12.0. The minimum absolute atomic E-state index is 0.00429. The van der Waals surface area contributed by atoms with Crippen molar-refractivity contribution in [3.8, 4) is 11.5 Å². The van der Waals surface area contributed by atoms with Crippen molar-refractivity contribution in [2.24, 2.45) is 0 Å². The zero-order valence-electron chi connectivity index (χ0n) is 11.9. The van der Waals surface area contributed by atoms with Gasteiger partial charge >= 0.3 is 0 Å². The van der Waals surface area contributed by atoms with E-state index in [4.69, 9.17) is 9.47 Å². The fraction of sp³-hybridized carbons (Fsp3) is 0.235. The number of nitrogens with one attached hydrogen (secondary N) is 1. The molecule has 0 saturated heterocycles. The molecule has 0 aromatic heterocycles. The Kier molecular flexibility index (Phi) is 3.77. The molecule has 1 heterocycles. The van der Waals surface area contributed by atoms with Gasteiger partial charge in [-0.15, -0.1) is 0 Å². The molecule has 108 valence electrons. The number of carbonyl (C=O) groups is 1. The van der Waals surface area contributed by atoms with E-state index in [1.165, 1.54) is 5.56 Å². The minimum Gasteiger partial charge on any atom is -0.454 e. The highest BCUT2D eigenvalue weighted by atomic mass is 16.7. The minimum atomic E-state index is -0.00429. The highest BCUT2D eigenvalue weighted by Crippen LogP contribution is 2.32. The third-order valence-electron chi connectivity index (χ3n) is 3.37. The van der Waals surface area contributed by atoms with Crippen LogP contribution in [0.1, 0.15) is 16.7 Å². The number of amides is 1. The molecule has 0 bridgehead atoms. The van der Waals surface area contributed by atoms with Gasteiger partial charge in [0.1, 0.15) is 0 Å². The van der Waals surface area contributed by atoms with Crippen LogP contribution in [0, 0.1) is 6.92 Å². The van der Waals surface area contributed by atoms with Crippen LogP contribution in [0.25, 0.3) is 0 Å². The average molecular weight is 283 g/mol. The second kappa shape index (κ2) is 5.87. The van der Waals surface area contributed by atoms with Crippen LogP contribution in [0.2, 0.25) is 0 Å². The van der Waals surface area contributed by atoms with Gasteiger partial charge in [0, 0.05) is 6.54 Å². The summed E-state index contributed by atoms with van der Waals surface area (Å²) < 4.78 is 10.6. The summed E-state index contributed by atoms with van der Waals surface area (Å²) in [5.41, 5.74) is 3.22. The number of aryl methyl sites for hydroxylation is 1. The van der Waals surface area contributed by atoms with Gasteiger partial charge in [-0.1, -0.05) is 35.9 Å². The molecule has 0 atom stereocenters. The zero-order chi connectivity index (χ0) is 14.7. The molecule has 1 amide bonds. The Morgan fingerprint density at radius 3 is 2.81 bits per heavy atom.